The third kappa shape index (κ3) is 1.73. The van der Waals surface area contributed by atoms with Crippen LogP contribution in [0.4, 0.5) is 0 Å². The van der Waals surface area contributed by atoms with Gasteiger partial charge < -0.3 is 0 Å². The quantitative estimate of drug-likeness (QED) is 0.544. The molecule has 1 heterocycles. The average molecular weight is 220 g/mol. The number of aromatic nitrogens is 1. The van der Waals surface area contributed by atoms with Gasteiger partial charge in [-0.2, -0.15) is 0 Å². The smallest absolute Gasteiger partial charge is 0.162 e. The van der Waals surface area contributed by atoms with Gasteiger partial charge in [-0.25, -0.2) is 4.98 Å². The monoisotopic (exact) mass is 219 g/mol. The minimum absolute atomic E-state index is 0.0593. The lowest BCUT2D eigenvalue weighted by molar-refractivity contribution is 0.101. The molecule has 3 heteroatoms. The van der Waals surface area contributed by atoms with Crippen molar-refractivity contribution in [1.82, 2.24) is 4.98 Å². The molecule has 15 heavy (non-hydrogen) atoms. The van der Waals surface area contributed by atoms with E-state index in [-0.39, 0.29) is 10.9 Å². The summed E-state index contributed by atoms with van der Waals surface area (Å²) in [5, 5.41) is 1.23. The van der Waals surface area contributed by atoms with Crippen LogP contribution in [0.3, 0.4) is 0 Å². The molecule has 0 fully saturated rings. The van der Waals surface area contributed by atoms with Crippen molar-refractivity contribution in [3.8, 4) is 0 Å². The van der Waals surface area contributed by atoms with Crippen LogP contribution in [0, 0.1) is 6.92 Å². The van der Waals surface area contributed by atoms with E-state index < -0.39 is 0 Å². The molecule has 0 atom stereocenters. The Hall–Kier alpha value is -1.41. The summed E-state index contributed by atoms with van der Waals surface area (Å²) in [5.74, 6) is -0.0593. The van der Waals surface area contributed by atoms with Gasteiger partial charge in [0, 0.05) is 5.39 Å². The van der Waals surface area contributed by atoms with Crippen LogP contribution in [0.25, 0.3) is 10.9 Å². The summed E-state index contributed by atoms with van der Waals surface area (Å²) < 4.78 is 0. The van der Waals surface area contributed by atoms with E-state index in [0.29, 0.717) is 5.56 Å². The molecule has 0 aliphatic rings. The molecule has 0 N–H and O–H groups in total. The number of halogens is 1. The standard InChI is InChI=1S/C12H10ClNO/c1-7-4-3-5-9-6-10(8(2)15)12(13)14-11(7)9/h3-6H,1-2H3. The number of hydrogen-bond donors (Lipinski definition) is 0. The number of benzene rings is 1. The predicted octanol–water partition coefficient (Wildman–Crippen LogP) is 3.40. The van der Waals surface area contributed by atoms with Crippen molar-refractivity contribution in [3.05, 3.63) is 40.5 Å². The van der Waals surface area contributed by atoms with Gasteiger partial charge in [0.15, 0.2) is 5.78 Å². The molecule has 1 aromatic heterocycles. The fourth-order valence-electron chi connectivity index (χ4n) is 1.57. The molecule has 76 valence electrons. The number of aryl methyl sites for hydroxylation is 1. The first-order chi connectivity index (χ1) is 7.09. The fourth-order valence-corrected chi connectivity index (χ4v) is 1.84. The molecular weight excluding hydrogens is 210 g/mol. The highest BCUT2D eigenvalue weighted by molar-refractivity contribution is 6.33. The van der Waals surface area contributed by atoms with Crippen LogP contribution >= 0.6 is 11.6 Å². The SMILES string of the molecule is CC(=O)c1cc2cccc(C)c2nc1Cl. The van der Waals surface area contributed by atoms with Crippen LogP contribution in [0.2, 0.25) is 5.15 Å². The number of pyridine rings is 1. The Kier molecular flexibility index (Phi) is 2.45. The van der Waals surface area contributed by atoms with Crippen LogP contribution in [0.15, 0.2) is 24.3 Å². The lowest BCUT2D eigenvalue weighted by atomic mass is 10.1. The minimum Gasteiger partial charge on any atom is -0.294 e. The van der Waals surface area contributed by atoms with Crippen molar-refractivity contribution in [3.63, 3.8) is 0 Å². The van der Waals surface area contributed by atoms with E-state index in [2.05, 4.69) is 4.98 Å². The second-order valence-corrected chi connectivity index (χ2v) is 3.89. The van der Waals surface area contributed by atoms with Gasteiger partial charge in [-0.05, 0) is 25.5 Å². The molecule has 0 bridgehead atoms. The van der Waals surface area contributed by atoms with Gasteiger partial charge >= 0.3 is 0 Å². The number of carbonyl (C=O) groups is 1. The zero-order chi connectivity index (χ0) is 11.0. The highest BCUT2D eigenvalue weighted by atomic mass is 35.5. The van der Waals surface area contributed by atoms with E-state index in [4.69, 9.17) is 11.6 Å². The van der Waals surface area contributed by atoms with Crippen LogP contribution in [0.5, 0.6) is 0 Å². The number of carbonyl (C=O) groups excluding carboxylic acids is 1. The molecule has 0 saturated heterocycles. The third-order valence-corrected chi connectivity index (χ3v) is 2.67. The maximum absolute atomic E-state index is 11.3. The van der Waals surface area contributed by atoms with Gasteiger partial charge in [-0.15, -0.1) is 0 Å². The Morgan fingerprint density at radius 1 is 1.40 bits per heavy atom. The Labute approximate surface area is 92.9 Å². The molecule has 0 amide bonds. The first-order valence-corrected chi connectivity index (χ1v) is 5.04. The maximum atomic E-state index is 11.3. The molecule has 2 aromatic rings. The fraction of sp³-hybridized carbons (Fsp3) is 0.167. The highest BCUT2D eigenvalue weighted by Crippen LogP contribution is 2.22. The number of fused-ring (bicyclic) bond motifs is 1. The lowest BCUT2D eigenvalue weighted by Gasteiger charge is -2.04. The Bertz CT molecular complexity index is 549. The topological polar surface area (TPSA) is 30.0 Å². The second-order valence-electron chi connectivity index (χ2n) is 3.53. The van der Waals surface area contributed by atoms with E-state index in [1.165, 1.54) is 6.92 Å². The summed E-state index contributed by atoms with van der Waals surface area (Å²) in [6, 6.07) is 7.63. The van der Waals surface area contributed by atoms with Gasteiger partial charge in [-0.3, -0.25) is 4.79 Å². The Balaban J connectivity index is 2.82. The molecule has 0 aliphatic carbocycles. The van der Waals surface area contributed by atoms with Crippen molar-refractivity contribution in [2.24, 2.45) is 0 Å². The van der Waals surface area contributed by atoms with Crippen LogP contribution in [-0.4, -0.2) is 10.8 Å². The molecule has 0 radical (unpaired) electrons. The first-order valence-electron chi connectivity index (χ1n) is 4.66. The molecule has 0 aliphatic heterocycles. The van der Waals surface area contributed by atoms with E-state index in [0.717, 1.165) is 16.5 Å². The van der Waals surface area contributed by atoms with Gasteiger partial charge in [0.1, 0.15) is 5.15 Å². The summed E-state index contributed by atoms with van der Waals surface area (Å²) in [4.78, 5) is 15.5. The molecule has 0 spiro atoms. The average Bonchev–Trinajstić information content (AvgIpc) is 2.18. The molecule has 0 saturated carbocycles. The third-order valence-electron chi connectivity index (χ3n) is 2.38. The lowest BCUT2D eigenvalue weighted by Crippen LogP contribution is -1.96. The van der Waals surface area contributed by atoms with E-state index in [1.807, 2.05) is 25.1 Å². The molecule has 2 nitrogen and oxygen atoms in total. The Morgan fingerprint density at radius 3 is 2.80 bits per heavy atom. The number of Topliss-reactive ketones (excluding diaryl/α,β-unsaturated/α-hetero) is 1. The van der Waals surface area contributed by atoms with Gasteiger partial charge in [0.25, 0.3) is 0 Å². The van der Waals surface area contributed by atoms with E-state index >= 15 is 0 Å². The highest BCUT2D eigenvalue weighted by Gasteiger charge is 2.09. The largest absolute Gasteiger partial charge is 0.294 e. The van der Waals surface area contributed by atoms with Crippen molar-refractivity contribution in [2.75, 3.05) is 0 Å². The molecule has 0 unspecified atom stereocenters. The number of nitrogens with zero attached hydrogens (tertiary/aromatic N) is 1. The summed E-state index contributed by atoms with van der Waals surface area (Å²) in [6.45, 7) is 3.46. The zero-order valence-electron chi connectivity index (χ0n) is 8.54. The van der Waals surface area contributed by atoms with Crippen LogP contribution in [-0.2, 0) is 0 Å². The second kappa shape index (κ2) is 3.63. The van der Waals surface area contributed by atoms with E-state index in [9.17, 15) is 4.79 Å². The number of rotatable bonds is 1. The van der Waals surface area contributed by atoms with Gasteiger partial charge in [-0.1, -0.05) is 29.8 Å². The van der Waals surface area contributed by atoms with Crippen LogP contribution < -0.4 is 0 Å². The minimum atomic E-state index is -0.0593. The van der Waals surface area contributed by atoms with Gasteiger partial charge in [0.2, 0.25) is 0 Å². The maximum Gasteiger partial charge on any atom is 0.162 e. The normalized spacial score (nSPS) is 10.6. The molecule has 1 aromatic carbocycles. The summed E-state index contributed by atoms with van der Waals surface area (Å²) >= 11 is 5.94. The van der Waals surface area contributed by atoms with Crippen molar-refractivity contribution in [2.45, 2.75) is 13.8 Å². The summed E-state index contributed by atoms with van der Waals surface area (Å²) in [7, 11) is 0. The number of ketones is 1. The number of para-hydroxylation sites is 1. The molecular formula is C12H10ClNO. The van der Waals surface area contributed by atoms with E-state index in [1.54, 1.807) is 6.07 Å². The zero-order valence-corrected chi connectivity index (χ0v) is 9.30. The predicted molar refractivity (Wildman–Crippen MR) is 61.5 cm³/mol. The van der Waals surface area contributed by atoms with Crippen LogP contribution in [0.1, 0.15) is 22.8 Å². The van der Waals surface area contributed by atoms with Crippen molar-refractivity contribution in [1.29, 1.82) is 0 Å². The first kappa shape index (κ1) is 10.1. The Morgan fingerprint density at radius 2 is 2.13 bits per heavy atom. The van der Waals surface area contributed by atoms with Gasteiger partial charge in [0.05, 0.1) is 11.1 Å². The summed E-state index contributed by atoms with van der Waals surface area (Å²) in [5.41, 5.74) is 2.40. The summed E-state index contributed by atoms with van der Waals surface area (Å²) in [6.07, 6.45) is 0. The molecule has 2 rings (SSSR count). The van der Waals surface area contributed by atoms with Crippen molar-refractivity contribution < 1.29 is 4.79 Å². The van der Waals surface area contributed by atoms with Crippen molar-refractivity contribution >= 4 is 28.3 Å². The number of hydrogen-bond acceptors (Lipinski definition) is 2.